The molecule has 1 atom stereocenters. The predicted molar refractivity (Wildman–Crippen MR) is 79.8 cm³/mol. The van der Waals surface area contributed by atoms with Gasteiger partial charge in [0.2, 0.25) is 5.96 Å². The average Bonchev–Trinajstić information content (AvgIpc) is 2.36. The van der Waals surface area contributed by atoms with Crippen molar-refractivity contribution in [2.45, 2.75) is 13.0 Å². The molecule has 5 nitrogen and oxygen atoms in total. The first kappa shape index (κ1) is 12.9. The van der Waals surface area contributed by atoms with Gasteiger partial charge in [-0.2, -0.15) is 4.99 Å². The molecule has 0 aliphatic carbocycles. The van der Waals surface area contributed by atoms with Crippen molar-refractivity contribution in [2.75, 3.05) is 0 Å². The van der Waals surface area contributed by atoms with Gasteiger partial charge in [0, 0.05) is 0 Å². The van der Waals surface area contributed by atoms with Gasteiger partial charge in [0.15, 0.2) is 5.96 Å². The topological polar surface area (TPSA) is 103 Å². The molecule has 0 heterocycles. The Hall–Kier alpha value is -2.56. The van der Waals surface area contributed by atoms with Gasteiger partial charge < -0.3 is 17.2 Å². The number of guanidine groups is 2. The second-order valence-electron chi connectivity index (χ2n) is 4.27. The highest BCUT2D eigenvalue weighted by atomic mass is 15.1. The Morgan fingerprint density at radius 2 is 1.68 bits per heavy atom. The third-order valence-corrected chi connectivity index (χ3v) is 2.84. The number of hydrogen-bond donors (Lipinski definition) is 3. The van der Waals surface area contributed by atoms with Crippen LogP contribution in [0.1, 0.15) is 18.5 Å². The van der Waals surface area contributed by atoms with Crippen LogP contribution >= 0.6 is 0 Å². The second-order valence-corrected chi connectivity index (χ2v) is 4.27. The van der Waals surface area contributed by atoms with Crippen molar-refractivity contribution < 1.29 is 0 Å². The summed E-state index contributed by atoms with van der Waals surface area (Å²) < 4.78 is 0. The molecule has 0 amide bonds. The summed E-state index contributed by atoms with van der Waals surface area (Å²) in [6, 6.07) is 14.1. The van der Waals surface area contributed by atoms with Crippen LogP contribution in [-0.4, -0.2) is 11.9 Å². The Balaban J connectivity index is 2.42. The lowest BCUT2D eigenvalue weighted by molar-refractivity contribution is 0.824. The van der Waals surface area contributed by atoms with Crippen molar-refractivity contribution in [3.05, 3.63) is 48.0 Å². The van der Waals surface area contributed by atoms with Crippen LogP contribution in [0.25, 0.3) is 10.8 Å². The lowest BCUT2D eigenvalue weighted by Crippen LogP contribution is -2.26. The lowest BCUT2D eigenvalue weighted by atomic mass is 10.0. The molecule has 0 saturated heterocycles. The number of aliphatic imine (C=N–C) groups is 2. The monoisotopic (exact) mass is 255 g/mol. The molecule has 0 radical (unpaired) electrons. The van der Waals surface area contributed by atoms with E-state index in [-0.39, 0.29) is 18.0 Å². The Morgan fingerprint density at radius 1 is 1.00 bits per heavy atom. The minimum Gasteiger partial charge on any atom is -0.370 e. The van der Waals surface area contributed by atoms with Gasteiger partial charge in [-0.15, -0.1) is 0 Å². The van der Waals surface area contributed by atoms with Gasteiger partial charge in [-0.25, -0.2) is 4.99 Å². The fourth-order valence-corrected chi connectivity index (χ4v) is 2.04. The summed E-state index contributed by atoms with van der Waals surface area (Å²) in [4.78, 5) is 8.01. The van der Waals surface area contributed by atoms with E-state index in [4.69, 9.17) is 17.2 Å². The first-order valence-corrected chi connectivity index (χ1v) is 5.98. The van der Waals surface area contributed by atoms with Crippen LogP contribution in [0.5, 0.6) is 0 Å². The molecule has 2 rings (SSSR count). The molecule has 6 N–H and O–H groups in total. The molecular weight excluding hydrogens is 238 g/mol. The minimum atomic E-state index is -0.116. The van der Waals surface area contributed by atoms with E-state index < -0.39 is 0 Å². The quantitative estimate of drug-likeness (QED) is 0.559. The normalized spacial score (nSPS) is 13.2. The smallest absolute Gasteiger partial charge is 0.219 e. The molecule has 0 aliphatic rings. The number of nitrogens with zero attached hydrogens (tertiary/aromatic N) is 2. The molecule has 0 aliphatic heterocycles. The lowest BCUT2D eigenvalue weighted by Gasteiger charge is -2.11. The number of rotatable bonds is 2. The Bertz CT molecular complexity index is 636. The van der Waals surface area contributed by atoms with Crippen LogP contribution in [-0.2, 0) is 0 Å². The summed E-state index contributed by atoms with van der Waals surface area (Å²) >= 11 is 0. The molecule has 0 aromatic heterocycles. The minimum absolute atomic E-state index is 0.0837. The highest BCUT2D eigenvalue weighted by Gasteiger charge is 2.08. The second kappa shape index (κ2) is 5.39. The third-order valence-electron chi connectivity index (χ3n) is 2.84. The maximum Gasteiger partial charge on any atom is 0.219 e. The number of nitrogens with two attached hydrogens (primary N) is 3. The molecule has 19 heavy (non-hydrogen) atoms. The molecule has 2 aromatic carbocycles. The van der Waals surface area contributed by atoms with E-state index in [1.807, 2.05) is 31.2 Å². The van der Waals surface area contributed by atoms with Gasteiger partial charge >= 0.3 is 0 Å². The van der Waals surface area contributed by atoms with Gasteiger partial charge in [-0.05, 0) is 23.3 Å². The van der Waals surface area contributed by atoms with Crippen molar-refractivity contribution in [2.24, 2.45) is 27.2 Å². The molecule has 0 bridgehead atoms. The van der Waals surface area contributed by atoms with E-state index in [1.165, 1.54) is 5.39 Å². The highest BCUT2D eigenvalue weighted by Crippen LogP contribution is 2.26. The van der Waals surface area contributed by atoms with Crippen LogP contribution in [0.3, 0.4) is 0 Å². The van der Waals surface area contributed by atoms with Crippen molar-refractivity contribution in [1.82, 2.24) is 0 Å². The van der Waals surface area contributed by atoms with E-state index in [0.29, 0.717) is 0 Å². The predicted octanol–water partition coefficient (Wildman–Crippen LogP) is 1.49. The summed E-state index contributed by atoms with van der Waals surface area (Å²) in [5.41, 5.74) is 17.3. The molecule has 0 spiro atoms. The average molecular weight is 255 g/mol. The van der Waals surface area contributed by atoms with Crippen LogP contribution in [0.4, 0.5) is 0 Å². The maximum atomic E-state index is 5.66. The maximum absolute atomic E-state index is 5.66. The number of benzene rings is 2. The van der Waals surface area contributed by atoms with E-state index in [2.05, 4.69) is 28.2 Å². The van der Waals surface area contributed by atoms with Crippen LogP contribution in [0, 0.1) is 0 Å². The Morgan fingerprint density at radius 3 is 2.42 bits per heavy atom. The fourth-order valence-electron chi connectivity index (χ4n) is 2.04. The van der Waals surface area contributed by atoms with Crippen molar-refractivity contribution >= 4 is 22.7 Å². The van der Waals surface area contributed by atoms with Crippen LogP contribution in [0.15, 0.2) is 52.4 Å². The number of fused-ring (bicyclic) bond motifs is 1. The van der Waals surface area contributed by atoms with E-state index in [0.717, 1.165) is 10.9 Å². The zero-order valence-electron chi connectivity index (χ0n) is 10.7. The molecule has 0 unspecified atom stereocenters. The summed E-state index contributed by atoms with van der Waals surface area (Å²) in [6.07, 6.45) is 0. The molecule has 5 heteroatoms. The summed E-state index contributed by atoms with van der Waals surface area (Å²) in [7, 11) is 0. The molecule has 0 saturated carbocycles. The van der Waals surface area contributed by atoms with Gasteiger partial charge in [0.1, 0.15) is 0 Å². The van der Waals surface area contributed by atoms with E-state index >= 15 is 0 Å². The van der Waals surface area contributed by atoms with Crippen molar-refractivity contribution in [3.8, 4) is 0 Å². The molecular formula is C14H17N5. The summed E-state index contributed by atoms with van der Waals surface area (Å²) in [5.74, 6) is -0.00759. The summed E-state index contributed by atoms with van der Waals surface area (Å²) in [5, 5.41) is 2.32. The van der Waals surface area contributed by atoms with Crippen LogP contribution < -0.4 is 17.2 Å². The largest absolute Gasteiger partial charge is 0.370 e. The first-order chi connectivity index (χ1) is 9.08. The van der Waals surface area contributed by atoms with Crippen molar-refractivity contribution in [1.29, 1.82) is 0 Å². The highest BCUT2D eigenvalue weighted by molar-refractivity contribution is 5.93. The SMILES string of the molecule is C[C@H](N=C(N)N=C(N)N)c1cccc2ccccc12. The summed E-state index contributed by atoms with van der Waals surface area (Å²) in [6.45, 7) is 1.96. The standard InChI is InChI=1S/C14H17N5/c1-9(18-14(17)19-13(15)16)11-8-4-6-10-5-2-3-7-12(10)11/h2-9H,1H3,(H6,15,16,17,18,19)/t9-/m0/s1. The Labute approximate surface area is 111 Å². The Kier molecular flexibility index (Phi) is 3.66. The zero-order chi connectivity index (χ0) is 13.8. The molecule has 0 fully saturated rings. The van der Waals surface area contributed by atoms with Crippen molar-refractivity contribution in [3.63, 3.8) is 0 Å². The van der Waals surface area contributed by atoms with Gasteiger partial charge in [0.25, 0.3) is 0 Å². The first-order valence-electron chi connectivity index (χ1n) is 5.98. The molecule has 98 valence electrons. The van der Waals surface area contributed by atoms with Gasteiger partial charge in [-0.3, -0.25) is 0 Å². The van der Waals surface area contributed by atoms with E-state index in [1.54, 1.807) is 0 Å². The van der Waals surface area contributed by atoms with Gasteiger partial charge in [-0.1, -0.05) is 42.5 Å². The third kappa shape index (κ3) is 3.01. The van der Waals surface area contributed by atoms with Crippen LogP contribution in [0.2, 0.25) is 0 Å². The zero-order valence-corrected chi connectivity index (χ0v) is 10.7. The number of hydrogen-bond acceptors (Lipinski definition) is 1. The van der Waals surface area contributed by atoms with Gasteiger partial charge in [0.05, 0.1) is 6.04 Å². The van der Waals surface area contributed by atoms with E-state index in [9.17, 15) is 0 Å². The molecule has 2 aromatic rings. The fraction of sp³-hybridized carbons (Fsp3) is 0.143.